The number of nitriles is 2. The van der Waals surface area contributed by atoms with Crippen molar-refractivity contribution in [3.05, 3.63) is 47.1 Å². The molecule has 0 unspecified atom stereocenters. The van der Waals surface area contributed by atoms with Crippen LogP contribution in [-0.4, -0.2) is 29.5 Å². The molecule has 0 bridgehead atoms. The molecule has 236 valence electrons. The number of amidine groups is 2. The summed E-state index contributed by atoms with van der Waals surface area (Å²) in [6, 6.07) is 11.8. The summed E-state index contributed by atoms with van der Waals surface area (Å²) in [5.41, 5.74) is 2.41. The van der Waals surface area contributed by atoms with E-state index in [2.05, 4.69) is 57.3 Å². The highest BCUT2D eigenvalue weighted by Gasteiger charge is 2.26. The molecular weight excluding hydrogens is 719 g/mol. The van der Waals surface area contributed by atoms with Gasteiger partial charge in [0.25, 0.3) is 0 Å². The summed E-state index contributed by atoms with van der Waals surface area (Å²) in [4.78, 5) is 18.9. The van der Waals surface area contributed by atoms with Crippen LogP contribution in [0.4, 0.5) is 10.0 Å². The zero-order chi connectivity index (χ0) is 33.5. The van der Waals surface area contributed by atoms with Crippen LogP contribution in [0.1, 0.15) is 26.7 Å². The fraction of sp³-hybridized carbons (Fsp3) is 0.212. The van der Waals surface area contributed by atoms with E-state index in [0.29, 0.717) is 23.2 Å². The van der Waals surface area contributed by atoms with Gasteiger partial charge in [0.05, 0.1) is 62.6 Å². The Hall–Kier alpha value is -4.58. The van der Waals surface area contributed by atoms with Crippen LogP contribution in [-0.2, 0) is 7.05 Å². The molecule has 7 rings (SSSR count). The molecule has 0 fully saturated rings. The maximum Gasteiger partial charge on any atom is 0.350 e. The number of hydrogen-bond donors (Lipinski definition) is 0. The number of rotatable bonds is 10. The van der Waals surface area contributed by atoms with Crippen molar-refractivity contribution in [2.75, 3.05) is 13.2 Å². The van der Waals surface area contributed by atoms with Crippen LogP contribution in [0.25, 0.3) is 68.4 Å². The first-order valence-electron chi connectivity index (χ1n) is 14.5. The second kappa shape index (κ2) is 13.1. The number of fused-ring (bicyclic) bond motifs is 7. The number of hydrogen-bond acceptors (Lipinski definition) is 12. The molecule has 48 heavy (non-hydrogen) atoms. The lowest BCUT2D eigenvalue weighted by Gasteiger charge is -2.03. The Balaban J connectivity index is 1.33. The molecule has 15 heteroatoms. The Morgan fingerprint density at radius 3 is 1.52 bits per heavy atom. The van der Waals surface area contributed by atoms with Gasteiger partial charge in [0.1, 0.15) is 23.6 Å². The summed E-state index contributed by atoms with van der Waals surface area (Å²) in [7, 11) is 2.13. The van der Waals surface area contributed by atoms with Gasteiger partial charge in [0, 0.05) is 28.6 Å². The third kappa shape index (κ3) is 5.45. The summed E-state index contributed by atoms with van der Waals surface area (Å²) >= 11 is 9.89. The standard InChI is InChI=1S/C33H21N7O2S6/c1-6-8-41-16-10-24(38-22(14-34)36-3)47-28(16)18-12-20-30(43-18)26-32(45-20)33-27(40(26)5)31-21(46-33)13-19(44-31)29-17(42-9-7-2)11-25(48-29)39-23(15-35)37-4/h10-13H,6-9H2,1-2,5H3. The fourth-order valence-corrected chi connectivity index (χ4v) is 12.9. The molecule has 0 atom stereocenters. The van der Waals surface area contributed by atoms with Crippen LogP contribution in [0.2, 0.25) is 0 Å². The molecule has 0 spiro atoms. The third-order valence-corrected chi connectivity index (χ3v) is 14.5. The highest BCUT2D eigenvalue weighted by Crippen LogP contribution is 2.55. The van der Waals surface area contributed by atoms with Crippen molar-refractivity contribution in [3.63, 3.8) is 0 Å². The van der Waals surface area contributed by atoms with Gasteiger partial charge in [-0.1, -0.05) is 59.7 Å². The average Bonchev–Trinajstić information content (AvgIpc) is 3.93. The Labute approximate surface area is 298 Å². The Kier molecular flexibility index (Phi) is 8.76. The zero-order valence-electron chi connectivity index (χ0n) is 25.5. The number of aryl methyl sites for hydroxylation is 1. The molecule has 0 radical (unpaired) electrons. The van der Waals surface area contributed by atoms with Crippen molar-refractivity contribution >= 4 is 129 Å². The van der Waals surface area contributed by atoms with Crippen LogP contribution in [0.3, 0.4) is 0 Å². The van der Waals surface area contributed by atoms with Crippen LogP contribution in [0.5, 0.6) is 11.5 Å². The lowest BCUT2D eigenvalue weighted by molar-refractivity contribution is 0.320. The predicted molar refractivity (Wildman–Crippen MR) is 204 cm³/mol. The highest BCUT2D eigenvalue weighted by molar-refractivity contribution is 7.40. The van der Waals surface area contributed by atoms with E-state index in [1.807, 2.05) is 24.3 Å². The molecule has 0 aromatic carbocycles. The van der Waals surface area contributed by atoms with Gasteiger partial charge in [-0.15, -0.1) is 45.3 Å². The first-order chi connectivity index (χ1) is 23.4. The minimum Gasteiger partial charge on any atom is -0.492 e. The van der Waals surface area contributed by atoms with Crippen molar-refractivity contribution in [2.45, 2.75) is 26.7 Å². The van der Waals surface area contributed by atoms with Crippen molar-refractivity contribution < 1.29 is 9.47 Å². The lowest BCUT2D eigenvalue weighted by atomic mass is 10.3. The molecule has 0 aliphatic heterocycles. The van der Waals surface area contributed by atoms with Gasteiger partial charge < -0.3 is 23.7 Å². The van der Waals surface area contributed by atoms with Gasteiger partial charge >= 0.3 is 11.7 Å². The van der Waals surface area contributed by atoms with E-state index < -0.39 is 0 Å². The summed E-state index contributed by atoms with van der Waals surface area (Å²) in [6.07, 6.45) is 1.72. The van der Waals surface area contributed by atoms with E-state index in [9.17, 15) is 10.5 Å². The molecule has 0 N–H and O–H groups in total. The largest absolute Gasteiger partial charge is 0.492 e. The van der Waals surface area contributed by atoms with Gasteiger partial charge in [0.2, 0.25) is 10.0 Å². The third-order valence-electron chi connectivity index (χ3n) is 7.14. The van der Waals surface area contributed by atoms with E-state index in [4.69, 9.17) is 22.6 Å². The van der Waals surface area contributed by atoms with Crippen molar-refractivity contribution in [1.82, 2.24) is 4.57 Å². The summed E-state index contributed by atoms with van der Waals surface area (Å²) in [5, 5.41) is 19.6. The van der Waals surface area contributed by atoms with Crippen LogP contribution >= 0.6 is 68.0 Å². The van der Waals surface area contributed by atoms with Crippen LogP contribution < -0.4 is 9.47 Å². The molecule has 0 saturated carbocycles. The van der Waals surface area contributed by atoms with Gasteiger partial charge in [-0.05, 0) is 25.0 Å². The lowest BCUT2D eigenvalue weighted by Crippen LogP contribution is -1.94. The van der Waals surface area contributed by atoms with Crippen LogP contribution in [0.15, 0.2) is 34.3 Å². The van der Waals surface area contributed by atoms with E-state index in [1.165, 1.54) is 61.9 Å². The molecule has 0 amide bonds. The maximum absolute atomic E-state index is 9.23. The van der Waals surface area contributed by atoms with Gasteiger partial charge in [-0.25, -0.2) is 10.5 Å². The SMILES string of the molecule is [C-]#[N+]C(C#N)=Nc1cc(OCCC)c(-c2cc3sc4c5sc6cc(-c7sc(N=C(C#N)[N+]#[C-])cc7OCCC)sc6c5n(C)c4c3s2)s1. The summed E-state index contributed by atoms with van der Waals surface area (Å²) < 4.78 is 21.9. The van der Waals surface area contributed by atoms with E-state index in [-0.39, 0.29) is 11.7 Å². The number of ether oxygens (including phenoxy) is 2. The van der Waals surface area contributed by atoms with Gasteiger partial charge in [0.15, 0.2) is 0 Å². The normalized spacial score (nSPS) is 12.1. The second-order valence-corrected chi connectivity index (χ2v) is 16.6. The first-order valence-corrected chi connectivity index (χ1v) is 19.4. The molecule has 0 saturated heterocycles. The Morgan fingerprint density at radius 2 is 1.15 bits per heavy atom. The number of thiophene rings is 6. The Bertz CT molecular complexity index is 2410. The zero-order valence-corrected chi connectivity index (χ0v) is 30.4. The maximum atomic E-state index is 9.23. The van der Waals surface area contributed by atoms with Crippen LogP contribution in [0, 0.1) is 35.8 Å². The Morgan fingerprint density at radius 1 is 0.708 bits per heavy atom. The molecular formula is C33H21N7O2S6. The van der Waals surface area contributed by atoms with Crippen molar-refractivity contribution in [3.8, 4) is 43.1 Å². The quantitative estimate of drug-likeness (QED) is 0.0791. The van der Waals surface area contributed by atoms with E-state index in [0.717, 1.165) is 43.8 Å². The van der Waals surface area contributed by atoms with Crippen molar-refractivity contribution in [1.29, 1.82) is 10.5 Å². The predicted octanol–water partition coefficient (Wildman–Crippen LogP) is 11.9. The first kappa shape index (κ1) is 32.0. The summed E-state index contributed by atoms with van der Waals surface area (Å²) in [6.45, 7) is 19.7. The number of aromatic nitrogens is 1. The molecule has 0 aliphatic rings. The van der Waals surface area contributed by atoms with Crippen molar-refractivity contribution in [2.24, 2.45) is 17.0 Å². The highest BCUT2D eigenvalue weighted by atomic mass is 32.1. The second-order valence-electron chi connectivity index (χ2n) is 10.3. The fourth-order valence-electron chi connectivity index (χ4n) is 5.18. The average molecular weight is 740 g/mol. The van der Waals surface area contributed by atoms with E-state index >= 15 is 0 Å². The molecule has 9 nitrogen and oxygen atoms in total. The minimum atomic E-state index is -0.198. The molecule has 7 heterocycles. The molecule has 0 aliphatic carbocycles. The smallest absolute Gasteiger partial charge is 0.350 e. The molecule has 7 aromatic heterocycles. The number of aliphatic imine (C=N–C) groups is 2. The van der Waals surface area contributed by atoms with E-state index in [1.54, 1.807) is 45.3 Å². The monoisotopic (exact) mass is 739 g/mol. The van der Waals surface area contributed by atoms with Gasteiger partial charge in [-0.3, -0.25) is 0 Å². The topological polar surface area (TPSA) is 104 Å². The molecule has 7 aromatic rings. The minimum absolute atomic E-state index is 0.198. The van der Waals surface area contributed by atoms with Gasteiger partial charge in [-0.2, -0.15) is 0 Å². The number of nitrogens with zero attached hydrogens (tertiary/aromatic N) is 7. The summed E-state index contributed by atoms with van der Waals surface area (Å²) in [5.74, 6) is 1.04.